The Kier molecular flexibility index (Phi) is 5.75. The highest BCUT2D eigenvalue weighted by Crippen LogP contribution is 2.32. The number of hydrogen-bond donors (Lipinski definition) is 1. The predicted octanol–water partition coefficient (Wildman–Crippen LogP) is 4.26. The highest BCUT2D eigenvalue weighted by Gasteiger charge is 2.32. The number of thiophene rings is 1. The van der Waals surface area contributed by atoms with Gasteiger partial charge in [-0.15, -0.1) is 11.3 Å². The first-order chi connectivity index (χ1) is 12.0. The summed E-state index contributed by atoms with van der Waals surface area (Å²) in [5, 5.41) is 2.70. The van der Waals surface area contributed by atoms with Crippen molar-refractivity contribution in [2.75, 3.05) is 13.7 Å². The highest BCUT2D eigenvalue weighted by molar-refractivity contribution is 7.15. The molecule has 140 valence electrons. The van der Waals surface area contributed by atoms with E-state index in [2.05, 4.69) is 10.1 Å². The van der Waals surface area contributed by atoms with Crippen molar-refractivity contribution in [2.45, 2.75) is 25.4 Å². The Labute approximate surface area is 153 Å². The van der Waals surface area contributed by atoms with Crippen molar-refractivity contribution < 1.29 is 27.5 Å². The Bertz CT molecular complexity index is 812. The zero-order valence-electron chi connectivity index (χ0n) is 14.4. The lowest BCUT2D eigenvalue weighted by Gasteiger charge is -2.26. The molecule has 1 aromatic heterocycles. The minimum absolute atomic E-state index is 0.138. The number of nitrogens with one attached hydrogen (secondary N) is 1. The van der Waals surface area contributed by atoms with Crippen LogP contribution in [0.4, 0.5) is 13.2 Å². The SMILES string of the molecule is COC(=O)c1ccc(C(=O)NCC(C)(C)c2cccc(C(F)(F)F)c2)s1. The Hall–Kier alpha value is -2.35. The van der Waals surface area contributed by atoms with Gasteiger partial charge in [-0.1, -0.05) is 32.0 Å². The second-order valence-electron chi connectivity index (χ2n) is 6.30. The summed E-state index contributed by atoms with van der Waals surface area (Å²) in [7, 11) is 1.25. The van der Waals surface area contributed by atoms with Crippen molar-refractivity contribution in [3.63, 3.8) is 0 Å². The minimum atomic E-state index is -4.42. The number of rotatable bonds is 5. The number of ether oxygens (including phenoxy) is 1. The lowest BCUT2D eigenvalue weighted by Crippen LogP contribution is -2.36. The standard InChI is InChI=1S/C18H18F3NO3S/c1-17(2,11-5-4-6-12(9-11)18(19,20)21)10-22-15(23)13-7-8-14(26-13)16(24)25-3/h4-9H,10H2,1-3H3,(H,22,23). The molecule has 8 heteroatoms. The summed E-state index contributed by atoms with van der Waals surface area (Å²) in [6, 6.07) is 8.04. The van der Waals surface area contributed by atoms with E-state index in [1.807, 2.05) is 0 Å². The Balaban J connectivity index is 2.09. The summed E-state index contributed by atoms with van der Waals surface area (Å²) in [6.45, 7) is 3.63. The molecule has 0 unspecified atom stereocenters. The monoisotopic (exact) mass is 385 g/mol. The number of carbonyl (C=O) groups is 2. The first-order valence-corrected chi connectivity index (χ1v) is 8.50. The molecule has 0 aliphatic heterocycles. The van der Waals surface area contributed by atoms with Gasteiger partial charge in [0.2, 0.25) is 0 Å². The Morgan fingerprint density at radius 1 is 1.08 bits per heavy atom. The van der Waals surface area contributed by atoms with E-state index in [9.17, 15) is 22.8 Å². The van der Waals surface area contributed by atoms with E-state index >= 15 is 0 Å². The van der Waals surface area contributed by atoms with Gasteiger partial charge in [0.25, 0.3) is 5.91 Å². The quantitative estimate of drug-likeness (QED) is 0.783. The predicted molar refractivity (Wildman–Crippen MR) is 92.5 cm³/mol. The molecule has 0 fully saturated rings. The molecule has 2 aromatic rings. The summed E-state index contributed by atoms with van der Waals surface area (Å²) in [6.07, 6.45) is -4.42. The van der Waals surface area contributed by atoms with Crippen LogP contribution in [0, 0.1) is 0 Å². The average Bonchev–Trinajstić information content (AvgIpc) is 3.08. The average molecular weight is 385 g/mol. The van der Waals surface area contributed by atoms with E-state index in [4.69, 9.17) is 0 Å². The van der Waals surface area contributed by atoms with E-state index in [1.165, 1.54) is 25.3 Å². The molecule has 1 amide bonds. The fourth-order valence-electron chi connectivity index (χ4n) is 2.28. The molecular formula is C18H18F3NO3S. The van der Waals surface area contributed by atoms with Gasteiger partial charge < -0.3 is 10.1 Å². The summed E-state index contributed by atoms with van der Waals surface area (Å²) in [5.74, 6) is -0.927. The largest absolute Gasteiger partial charge is 0.465 e. The van der Waals surface area contributed by atoms with Gasteiger partial charge in [-0.2, -0.15) is 13.2 Å². The van der Waals surface area contributed by atoms with Crippen molar-refractivity contribution in [1.82, 2.24) is 5.32 Å². The van der Waals surface area contributed by atoms with Gasteiger partial charge in [-0.05, 0) is 23.8 Å². The van der Waals surface area contributed by atoms with Gasteiger partial charge in [0, 0.05) is 12.0 Å². The molecule has 0 radical (unpaired) electrons. The molecule has 0 bridgehead atoms. The van der Waals surface area contributed by atoms with Crippen LogP contribution < -0.4 is 5.32 Å². The second kappa shape index (κ2) is 7.49. The Morgan fingerprint density at radius 3 is 2.31 bits per heavy atom. The van der Waals surface area contributed by atoms with Crippen molar-refractivity contribution in [3.05, 3.63) is 57.3 Å². The molecular weight excluding hydrogens is 367 g/mol. The molecule has 26 heavy (non-hydrogen) atoms. The fraction of sp³-hybridized carbons (Fsp3) is 0.333. The van der Waals surface area contributed by atoms with Gasteiger partial charge in [0.15, 0.2) is 0 Å². The molecule has 0 spiro atoms. The van der Waals surface area contributed by atoms with E-state index < -0.39 is 29.0 Å². The van der Waals surface area contributed by atoms with Gasteiger partial charge in [-0.3, -0.25) is 4.79 Å². The number of carbonyl (C=O) groups excluding carboxylic acids is 2. The van der Waals surface area contributed by atoms with Crippen LogP contribution in [-0.4, -0.2) is 25.5 Å². The van der Waals surface area contributed by atoms with Crippen LogP contribution in [0.5, 0.6) is 0 Å². The number of alkyl halides is 3. The zero-order chi connectivity index (χ0) is 19.5. The number of benzene rings is 1. The molecule has 0 aliphatic rings. The number of halogens is 3. The third-order valence-electron chi connectivity index (χ3n) is 3.88. The van der Waals surface area contributed by atoms with Crippen LogP contribution in [0.3, 0.4) is 0 Å². The molecule has 2 rings (SSSR count). The molecule has 0 aliphatic carbocycles. The topological polar surface area (TPSA) is 55.4 Å². The van der Waals surface area contributed by atoms with E-state index in [0.717, 1.165) is 23.5 Å². The van der Waals surface area contributed by atoms with Crippen molar-refractivity contribution in [1.29, 1.82) is 0 Å². The maximum absolute atomic E-state index is 12.9. The maximum Gasteiger partial charge on any atom is 0.416 e. The van der Waals surface area contributed by atoms with Gasteiger partial charge in [0.05, 0.1) is 17.6 Å². The molecule has 4 nitrogen and oxygen atoms in total. The van der Waals surface area contributed by atoms with Crippen molar-refractivity contribution >= 4 is 23.2 Å². The normalized spacial score (nSPS) is 11.9. The van der Waals surface area contributed by atoms with E-state index in [-0.39, 0.29) is 6.54 Å². The molecule has 0 saturated carbocycles. The summed E-state index contributed by atoms with van der Waals surface area (Å²) in [4.78, 5) is 24.3. The van der Waals surface area contributed by atoms with Crippen LogP contribution in [0.1, 0.15) is 44.3 Å². The number of methoxy groups -OCH3 is 1. The van der Waals surface area contributed by atoms with Crippen LogP contribution in [0.2, 0.25) is 0 Å². The molecule has 0 saturated heterocycles. The smallest absolute Gasteiger partial charge is 0.416 e. The van der Waals surface area contributed by atoms with Crippen LogP contribution >= 0.6 is 11.3 Å². The maximum atomic E-state index is 12.9. The number of hydrogen-bond acceptors (Lipinski definition) is 4. The van der Waals surface area contributed by atoms with Crippen LogP contribution in [0.15, 0.2) is 36.4 Å². The zero-order valence-corrected chi connectivity index (χ0v) is 15.3. The third kappa shape index (κ3) is 4.63. The first kappa shape index (κ1) is 20.0. The van der Waals surface area contributed by atoms with E-state index in [1.54, 1.807) is 19.9 Å². The fourth-order valence-corrected chi connectivity index (χ4v) is 3.12. The summed E-state index contributed by atoms with van der Waals surface area (Å²) < 4.78 is 43.2. The first-order valence-electron chi connectivity index (χ1n) is 7.68. The number of amides is 1. The minimum Gasteiger partial charge on any atom is -0.465 e. The lowest BCUT2D eigenvalue weighted by molar-refractivity contribution is -0.137. The van der Waals surface area contributed by atoms with Crippen LogP contribution in [0.25, 0.3) is 0 Å². The molecule has 1 aromatic carbocycles. The Morgan fingerprint density at radius 2 is 1.69 bits per heavy atom. The summed E-state index contributed by atoms with van der Waals surface area (Å²) in [5.41, 5.74) is -0.969. The van der Waals surface area contributed by atoms with Gasteiger partial charge >= 0.3 is 12.1 Å². The summed E-state index contributed by atoms with van der Waals surface area (Å²) >= 11 is 0.991. The van der Waals surface area contributed by atoms with E-state index in [0.29, 0.717) is 15.3 Å². The van der Waals surface area contributed by atoms with Crippen LogP contribution in [-0.2, 0) is 16.3 Å². The molecule has 1 heterocycles. The molecule has 0 atom stereocenters. The van der Waals surface area contributed by atoms with Gasteiger partial charge in [0.1, 0.15) is 4.88 Å². The third-order valence-corrected chi connectivity index (χ3v) is 4.94. The molecule has 1 N–H and O–H groups in total. The second-order valence-corrected chi connectivity index (χ2v) is 7.38. The number of esters is 1. The van der Waals surface area contributed by atoms with Crippen molar-refractivity contribution in [2.24, 2.45) is 0 Å². The van der Waals surface area contributed by atoms with Gasteiger partial charge in [-0.25, -0.2) is 4.79 Å². The van der Waals surface area contributed by atoms with Crippen molar-refractivity contribution in [3.8, 4) is 0 Å². The lowest BCUT2D eigenvalue weighted by atomic mass is 9.83. The highest BCUT2D eigenvalue weighted by atomic mass is 32.1.